The minimum atomic E-state index is -3.34. The van der Waals surface area contributed by atoms with Crippen LogP contribution in [0, 0.1) is 58.2 Å². The van der Waals surface area contributed by atoms with Crippen LogP contribution < -0.4 is 0 Å². The summed E-state index contributed by atoms with van der Waals surface area (Å²) >= 11 is 0. The zero-order valence-electron chi connectivity index (χ0n) is 25.5. The van der Waals surface area contributed by atoms with Gasteiger partial charge >= 0.3 is 0 Å². The molecule has 4 fully saturated rings. The van der Waals surface area contributed by atoms with Crippen molar-refractivity contribution in [3.8, 4) is 0 Å². The lowest BCUT2D eigenvalue weighted by atomic mass is 9.41. The number of hydrogen-bond acceptors (Lipinski definition) is 4. The molecular formula is C31H58O4SSi. The summed E-state index contributed by atoms with van der Waals surface area (Å²) in [6.07, 6.45) is 14.4. The summed E-state index contributed by atoms with van der Waals surface area (Å²) in [7, 11) is -5.03. The van der Waals surface area contributed by atoms with E-state index in [1.54, 1.807) is 0 Å². The van der Waals surface area contributed by atoms with Crippen molar-refractivity contribution in [1.82, 2.24) is 0 Å². The van der Waals surface area contributed by atoms with Crippen molar-refractivity contribution >= 4 is 18.4 Å². The van der Waals surface area contributed by atoms with Gasteiger partial charge in [0.25, 0.3) is 10.1 Å². The predicted octanol–water partition coefficient (Wildman–Crippen LogP) is 8.14. The van der Waals surface area contributed by atoms with E-state index >= 15 is 0 Å². The van der Waals surface area contributed by atoms with E-state index in [-0.39, 0.29) is 0 Å². The molecule has 0 spiro atoms. The summed E-state index contributed by atoms with van der Waals surface area (Å²) in [5, 5.41) is 0. The molecule has 0 saturated heterocycles. The molecule has 0 N–H and O–H groups in total. The highest BCUT2D eigenvalue weighted by Crippen LogP contribution is 2.70. The molecule has 4 rings (SSSR count). The molecule has 37 heavy (non-hydrogen) atoms. The van der Waals surface area contributed by atoms with Crippen LogP contribution in [-0.4, -0.2) is 35.7 Å². The van der Waals surface area contributed by atoms with Crippen LogP contribution in [0.2, 0.25) is 19.6 Å². The van der Waals surface area contributed by atoms with E-state index in [0.29, 0.717) is 41.3 Å². The summed E-state index contributed by atoms with van der Waals surface area (Å²) in [4.78, 5) is 0. The van der Waals surface area contributed by atoms with Gasteiger partial charge in [-0.1, -0.05) is 47.5 Å². The Hall–Kier alpha value is 0.0869. The molecule has 0 unspecified atom stereocenters. The molecule has 0 aromatic rings. The molecule has 0 aromatic heterocycles. The van der Waals surface area contributed by atoms with E-state index in [9.17, 15) is 8.42 Å². The second-order valence-corrected chi connectivity index (χ2v) is 21.5. The van der Waals surface area contributed by atoms with Crippen molar-refractivity contribution in [3.05, 3.63) is 0 Å². The van der Waals surface area contributed by atoms with E-state index in [2.05, 4.69) is 54.3 Å². The third kappa shape index (κ3) is 5.93. The highest BCUT2D eigenvalue weighted by Gasteiger charge is 2.65. The van der Waals surface area contributed by atoms with Crippen LogP contribution in [0.4, 0.5) is 0 Å². The van der Waals surface area contributed by atoms with Crippen LogP contribution in [0.1, 0.15) is 98.8 Å². The average molecular weight is 555 g/mol. The first-order valence-corrected chi connectivity index (χ1v) is 20.9. The Balaban J connectivity index is 1.60. The molecule has 0 radical (unpaired) electrons. The molecule has 6 heteroatoms. The summed E-state index contributed by atoms with van der Waals surface area (Å²) in [5.41, 5.74) is 0.855. The minimum absolute atomic E-state index is 0.323. The zero-order chi connectivity index (χ0) is 27.4. The Morgan fingerprint density at radius 1 is 0.973 bits per heavy atom. The normalized spacial score (nSPS) is 45.1. The maximum absolute atomic E-state index is 11.4. The summed E-state index contributed by atoms with van der Waals surface area (Å²) < 4.78 is 35.2. The van der Waals surface area contributed by atoms with Gasteiger partial charge in [0.1, 0.15) is 0 Å². The van der Waals surface area contributed by atoms with Crippen LogP contribution >= 0.6 is 0 Å². The van der Waals surface area contributed by atoms with Gasteiger partial charge in [-0.25, -0.2) is 0 Å². The third-order valence-electron chi connectivity index (χ3n) is 12.0. The molecule has 0 aliphatic heterocycles. The summed E-state index contributed by atoms with van der Waals surface area (Å²) in [6, 6.07) is 0. The smallest absolute Gasteiger partial charge is 0.264 e. The van der Waals surface area contributed by atoms with Crippen LogP contribution in [0.3, 0.4) is 0 Å². The average Bonchev–Trinajstić information content (AvgIpc) is 3.13. The van der Waals surface area contributed by atoms with Gasteiger partial charge in [0.2, 0.25) is 0 Å². The lowest BCUT2D eigenvalue weighted by Crippen LogP contribution is -2.63. The Kier molecular flexibility index (Phi) is 8.79. The van der Waals surface area contributed by atoms with E-state index in [4.69, 9.17) is 8.61 Å². The Morgan fingerprint density at radius 3 is 2.24 bits per heavy atom. The van der Waals surface area contributed by atoms with Crippen molar-refractivity contribution in [3.63, 3.8) is 0 Å². The fraction of sp³-hybridized carbons (Fsp3) is 1.00. The molecule has 4 aliphatic carbocycles. The topological polar surface area (TPSA) is 52.6 Å². The first-order valence-electron chi connectivity index (χ1n) is 15.6. The van der Waals surface area contributed by atoms with Crippen molar-refractivity contribution in [2.75, 3.05) is 12.9 Å². The minimum Gasteiger partial charge on any atom is -0.414 e. The molecule has 0 aromatic carbocycles. The van der Waals surface area contributed by atoms with Crippen molar-refractivity contribution in [2.45, 2.75) is 125 Å². The monoisotopic (exact) mass is 554 g/mol. The molecule has 4 aliphatic rings. The van der Waals surface area contributed by atoms with Gasteiger partial charge in [0.05, 0.1) is 19.0 Å². The summed E-state index contributed by atoms with van der Waals surface area (Å²) in [6.45, 7) is 20.3. The number of rotatable bonds is 9. The Morgan fingerprint density at radius 2 is 1.62 bits per heavy atom. The van der Waals surface area contributed by atoms with Gasteiger partial charge in [0, 0.05) is 0 Å². The van der Waals surface area contributed by atoms with Gasteiger partial charge in [0.15, 0.2) is 8.32 Å². The molecule has 0 heterocycles. The third-order valence-corrected chi connectivity index (χ3v) is 13.6. The number of hydrogen-bond donors (Lipinski definition) is 0. The lowest BCUT2D eigenvalue weighted by molar-refractivity contribution is -0.193. The second-order valence-electron chi connectivity index (χ2n) is 15.4. The van der Waals surface area contributed by atoms with Gasteiger partial charge < -0.3 is 4.43 Å². The molecule has 0 bridgehead atoms. The van der Waals surface area contributed by atoms with Gasteiger partial charge in [-0.3, -0.25) is 4.18 Å². The van der Waals surface area contributed by atoms with Crippen molar-refractivity contribution in [1.29, 1.82) is 0 Å². The van der Waals surface area contributed by atoms with Crippen molar-refractivity contribution in [2.24, 2.45) is 58.2 Å². The Bertz CT molecular complexity index is 899. The van der Waals surface area contributed by atoms with Crippen LogP contribution in [0.25, 0.3) is 0 Å². The maximum Gasteiger partial charge on any atom is 0.264 e. The van der Waals surface area contributed by atoms with E-state index in [1.807, 2.05) is 0 Å². The SMILES string of the molecule is CC[C@H]1[C@@H](O[Si](C)(C)C)[C@@H]2[C@H](CC[C@]3(C)[C@@H]([C@H](C)CCCOS(C)(=O)=O)CC[C@@H]23)[C@@]2(C)CC[C@@H](C)C[C@@H]12. The van der Waals surface area contributed by atoms with Crippen molar-refractivity contribution < 1.29 is 17.0 Å². The molecule has 11 atom stereocenters. The Labute approximate surface area is 230 Å². The zero-order valence-corrected chi connectivity index (χ0v) is 27.3. The quantitative estimate of drug-likeness (QED) is 0.164. The standard InChI is InChI=1S/C31H58O4SSi/c1-10-23-27-20-21(2)15-17-31(27,5)26-16-18-30(4)24(22(3)12-11-19-34-36(6,32)33)13-14-25(30)28(26)29(23)35-37(7,8)9/h21-29H,10-20H2,1-9H3/t21-,22-,23-,24-,25+,26+,27+,28+,29-,30-,31-/m1/s1. The predicted molar refractivity (Wildman–Crippen MR) is 156 cm³/mol. The van der Waals surface area contributed by atoms with Crippen LogP contribution in [-0.2, 0) is 18.7 Å². The first-order chi connectivity index (χ1) is 17.1. The first kappa shape index (κ1) is 30.1. The second kappa shape index (κ2) is 10.8. The number of fused-ring (bicyclic) bond motifs is 5. The fourth-order valence-electron chi connectivity index (χ4n) is 10.5. The summed E-state index contributed by atoms with van der Waals surface area (Å²) in [5.74, 6) is 5.98. The van der Waals surface area contributed by atoms with E-state index < -0.39 is 18.4 Å². The van der Waals surface area contributed by atoms with Gasteiger partial charge in [-0.2, -0.15) is 8.42 Å². The highest BCUT2D eigenvalue weighted by molar-refractivity contribution is 7.85. The lowest BCUT2D eigenvalue weighted by Gasteiger charge is -2.66. The fourth-order valence-corrected chi connectivity index (χ4v) is 12.1. The molecule has 216 valence electrons. The largest absolute Gasteiger partial charge is 0.414 e. The molecule has 4 nitrogen and oxygen atoms in total. The highest BCUT2D eigenvalue weighted by atomic mass is 32.2. The van der Waals surface area contributed by atoms with Gasteiger partial charge in [-0.05, 0) is 129 Å². The molecule has 4 saturated carbocycles. The van der Waals surface area contributed by atoms with Crippen LogP contribution in [0.15, 0.2) is 0 Å². The van der Waals surface area contributed by atoms with Gasteiger partial charge in [-0.15, -0.1) is 0 Å². The maximum atomic E-state index is 11.4. The molecular weight excluding hydrogens is 496 g/mol. The van der Waals surface area contributed by atoms with E-state index in [0.717, 1.165) is 48.7 Å². The van der Waals surface area contributed by atoms with Crippen LogP contribution in [0.5, 0.6) is 0 Å². The molecule has 0 amide bonds. The van der Waals surface area contributed by atoms with E-state index in [1.165, 1.54) is 51.4 Å².